The molecule has 0 radical (unpaired) electrons. The van der Waals surface area contributed by atoms with Crippen LogP contribution in [-0.4, -0.2) is 12.6 Å². The van der Waals surface area contributed by atoms with Crippen LogP contribution in [0.2, 0.25) is 0 Å². The molecule has 1 aliphatic heterocycles. The molecule has 0 saturated carbocycles. The average molecular weight is 294 g/mol. The molecule has 2 nitrogen and oxygen atoms in total. The number of cyclic esters (lactones) is 1. The Morgan fingerprint density at radius 1 is 0.818 bits per heavy atom. The SMILES string of the molecule is O=C1OCCCCC1(Cc1ccccc1)Cc1ccccc1. The van der Waals surface area contributed by atoms with Crippen molar-refractivity contribution in [1.82, 2.24) is 0 Å². The normalized spacial score (nSPS) is 17.5. The van der Waals surface area contributed by atoms with E-state index in [-0.39, 0.29) is 5.97 Å². The number of carbonyl (C=O) groups excluding carboxylic acids is 1. The van der Waals surface area contributed by atoms with Crippen LogP contribution in [0.1, 0.15) is 30.4 Å². The standard InChI is InChI=1S/C20H22O2/c21-19-20(13-7-8-14-22-19,15-17-9-3-1-4-10-17)16-18-11-5-2-6-12-18/h1-6,9-12H,7-8,13-16H2. The minimum absolute atomic E-state index is 0.0299. The van der Waals surface area contributed by atoms with E-state index in [4.69, 9.17) is 4.74 Å². The summed E-state index contributed by atoms with van der Waals surface area (Å²) in [5.41, 5.74) is 1.98. The van der Waals surface area contributed by atoms with E-state index in [9.17, 15) is 4.79 Å². The molecule has 0 bridgehead atoms. The lowest BCUT2D eigenvalue weighted by Crippen LogP contribution is -2.36. The smallest absolute Gasteiger partial charge is 0.312 e. The van der Waals surface area contributed by atoms with Gasteiger partial charge in [0.25, 0.3) is 0 Å². The zero-order chi connectivity index (χ0) is 15.3. The molecule has 0 aliphatic carbocycles. The molecule has 0 atom stereocenters. The first kappa shape index (κ1) is 14.8. The highest BCUT2D eigenvalue weighted by Crippen LogP contribution is 2.36. The van der Waals surface area contributed by atoms with Gasteiger partial charge in [0.05, 0.1) is 12.0 Å². The Labute approximate surface area is 132 Å². The molecule has 1 fully saturated rings. The van der Waals surface area contributed by atoms with Crippen LogP contribution in [-0.2, 0) is 22.4 Å². The summed E-state index contributed by atoms with van der Waals surface area (Å²) in [7, 11) is 0. The number of hydrogen-bond acceptors (Lipinski definition) is 2. The van der Waals surface area contributed by atoms with E-state index in [0.29, 0.717) is 6.61 Å². The lowest BCUT2D eigenvalue weighted by Gasteiger charge is -2.30. The second kappa shape index (κ2) is 6.78. The lowest BCUT2D eigenvalue weighted by molar-refractivity contribution is -0.154. The minimum Gasteiger partial charge on any atom is -0.465 e. The van der Waals surface area contributed by atoms with Gasteiger partial charge in [-0.05, 0) is 43.2 Å². The summed E-state index contributed by atoms with van der Waals surface area (Å²) in [4.78, 5) is 12.7. The van der Waals surface area contributed by atoms with Gasteiger partial charge >= 0.3 is 5.97 Å². The third kappa shape index (κ3) is 3.38. The van der Waals surface area contributed by atoms with Crippen molar-refractivity contribution in [2.45, 2.75) is 32.1 Å². The molecule has 2 aromatic carbocycles. The molecule has 0 amide bonds. The number of benzene rings is 2. The van der Waals surface area contributed by atoms with Gasteiger partial charge in [-0.3, -0.25) is 4.79 Å². The van der Waals surface area contributed by atoms with Crippen molar-refractivity contribution >= 4 is 5.97 Å². The molecule has 3 rings (SSSR count). The van der Waals surface area contributed by atoms with Crippen LogP contribution >= 0.6 is 0 Å². The van der Waals surface area contributed by atoms with Crippen molar-refractivity contribution in [2.24, 2.45) is 5.41 Å². The minimum atomic E-state index is -0.431. The number of carbonyl (C=O) groups is 1. The van der Waals surface area contributed by atoms with E-state index in [1.54, 1.807) is 0 Å². The van der Waals surface area contributed by atoms with Crippen LogP contribution in [0.5, 0.6) is 0 Å². The van der Waals surface area contributed by atoms with Crippen LogP contribution in [0, 0.1) is 5.41 Å². The molecule has 22 heavy (non-hydrogen) atoms. The summed E-state index contributed by atoms with van der Waals surface area (Å²) >= 11 is 0. The first-order chi connectivity index (χ1) is 10.8. The van der Waals surface area contributed by atoms with E-state index in [2.05, 4.69) is 24.3 Å². The number of rotatable bonds is 4. The van der Waals surface area contributed by atoms with Crippen molar-refractivity contribution in [2.75, 3.05) is 6.61 Å². The van der Waals surface area contributed by atoms with E-state index in [0.717, 1.165) is 32.1 Å². The molecule has 2 aromatic rings. The zero-order valence-corrected chi connectivity index (χ0v) is 12.8. The maximum Gasteiger partial charge on any atom is 0.312 e. The third-order valence-electron chi connectivity index (χ3n) is 4.49. The Morgan fingerprint density at radius 2 is 1.36 bits per heavy atom. The van der Waals surface area contributed by atoms with Gasteiger partial charge in [0, 0.05) is 0 Å². The molecule has 0 N–H and O–H groups in total. The Hall–Kier alpha value is -2.09. The first-order valence-corrected chi connectivity index (χ1v) is 8.04. The predicted octanol–water partition coefficient (Wildman–Crippen LogP) is 4.19. The quantitative estimate of drug-likeness (QED) is 0.791. The fraction of sp³-hybridized carbons (Fsp3) is 0.350. The van der Waals surface area contributed by atoms with Crippen molar-refractivity contribution < 1.29 is 9.53 Å². The van der Waals surface area contributed by atoms with Crippen LogP contribution in [0.15, 0.2) is 60.7 Å². The van der Waals surface area contributed by atoms with Crippen LogP contribution in [0.3, 0.4) is 0 Å². The molecule has 0 unspecified atom stereocenters. The Balaban J connectivity index is 1.91. The first-order valence-electron chi connectivity index (χ1n) is 8.04. The summed E-state index contributed by atoms with van der Waals surface area (Å²) in [5, 5.41) is 0. The van der Waals surface area contributed by atoms with Gasteiger partial charge in [0.15, 0.2) is 0 Å². The molecule has 1 aliphatic rings. The summed E-state index contributed by atoms with van der Waals surface area (Å²) in [5.74, 6) is -0.0299. The van der Waals surface area contributed by atoms with Crippen molar-refractivity contribution in [3.63, 3.8) is 0 Å². The van der Waals surface area contributed by atoms with Crippen molar-refractivity contribution in [1.29, 1.82) is 0 Å². The number of esters is 1. The highest BCUT2D eigenvalue weighted by molar-refractivity contribution is 5.78. The zero-order valence-electron chi connectivity index (χ0n) is 12.8. The Kier molecular flexibility index (Phi) is 4.57. The maximum absolute atomic E-state index is 12.7. The Bertz CT molecular complexity index is 563. The molecule has 2 heteroatoms. The monoisotopic (exact) mass is 294 g/mol. The van der Waals surface area contributed by atoms with Gasteiger partial charge in [-0.1, -0.05) is 60.7 Å². The topological polar surface area (TPSA) is 26.3 Å². The van der Waals surface area contributed by atoms with E-state index < -0.39 is 5.41 Å². The third-order valence-corrected chi connectivity index (χ3v) is 4.49. The second-order valence-corrected chi connectivity index (χ2v) is 6.20. The molecule has 1 heterocycles. The Morgan fingerprint density at radius 3 is 1.91 bits per heavy atom. The van der Waals surface area contributed by atoms with E-state index in [1.807, 2.05) is 36.4 Å². The van der Waals surface area contributed by atoms with Crippen molar-refractivity contribution in [3.05, 3.63) is 71.8 Å². The van der Waals surface area contributed by atoms with Gasteiger partial charge in [-0.15, -0.1) is 0 Å². The van der Waals surface area contributed by atoms with Crippen LogP contribution in [0.4, 0.5) is 0 Å². The largest absolute Gasteiger partial charge is 0.465 e. The molecule has 0 spiro atoms. The maximum atomic E-state index is 12.7. The van der Waals surface area contributed by atoms with Gasteiger partial charge in [-0.2, -0.15) is 0 Å². The fourth-order valence-electron chi connectivity index (χ4n) is 3.34. The molecular weight excluding hydrogens is 272 g/mol. The molecule has 114 valence electrons. The van der Waals surface area contributed by atoms with Crippen LogP contribution < -0.4 is 0 Å². The van der Waals surface area contributed by atoms with E-state index >= 15 is 0 Å². The number of hydrogen-bond donors (Lipinski definition) is 0. The van der Waals surface area contributed by atoms with Gasteiger partial charge in [0.1, 0.15) is 0 Å². The summed E-state index contributed by atoms with van der Waals surface area (Å²) in [6.07, 6.45) is 4.42. The summed E-state index contributed by atoms with van der Waals surface area (Å²) in [6, 6.07) is 20.6. The summed E-state index contributed by atoms with van der Waals surface area (Å²) < 4.78 is 5.52. The van der Waals surface area contributed by atoms with Gasteiger partial charge in [-0.25, -0.2) is 0 Å². The fourth-order valence-corrected chi connectivity index (χ4v) is 3.34. The van der Waals surface area contributed by atoms with Crippen LogP contribution in [0.25, 0.3) is 0 Å². The lowest BCUT2D eigenvalue weighted by atomic mass is 9.73. The molecule has 1 saturated heterocycles. The van der Waals surface area contributed by atoms with E-state index in [1.165, 1.54) is 11.1 Å². The predicted molar refractivity (Wildman–Crippen MR) is 87.5 cm³/mol. The van der Waals surface area contributed by atoms with Crippen molar-refractivity contribution in [3.8, 4) is 0 Å². The van der Waals surface area contributed by atoms with Gasteiger partial charge < -0.3 is 4.74 Å². The van der Waals surface area contributed by atoms with Gasteiger partial charge in [0.2, 0.25) is 0 Å². The highest BCUT2D eigenvalue weighted by atomic mass is 16.5. The highest BCUT2D eigenvalue weighted by Gasteiger charge is 2.41. The number of ether oxygens (including phenoxy) is 1. The second-order valence-electron chi connectivity index (χ2n) is 6.20. The molecule has 0 aromatic heterocycles. The average Bonchev–Trinajstić information content (AvgIpc) is 2.72. The summed E-state index contributed by atoms with van der Waals surface area (Å²) in [6.45, 7) is 0.560. The molecular formula is C20H22O2.